The quantitative estimate of drug-likeness (QED) is 0.412. The minimum absolute atomic E-state index is 0.196. The number of hydrogen-bond donors (Lipinski definition) is 1. The molecule has 0 aliphatic carbocycles. The Morgan fingerprint density at radius 2 is 1.77 bits per heavy atom. The van der Waals surface area contributed by atoms with Gasteiger partial charge in [0.15, 0.2) is 5.58 Å². The number of nitrogens with zero attached hydrogens (tertiary/aromatic N) is 1. The zero-order valence-electron chi connectivity index (χ0n) is 16.3. The van der Waals surface area contributed by atoms with Gasteiger partial charge in [-0.1, -0.05) is 36.4 Å². The number of carbonyl (C=O) groups excluding carboxylic acids is 1. The number of methoxy groups -OCH3 is 1. The molecule has 1 amide bonds. The van der Waals surface area contributed by atoms with Gasteiger partial charge in [0.2, 0.25) is 5.89 Å². The molecule has 4 aromatic carbocycles. The van der Waals surface area contributed by atoms with Gasteiger partial charge in [0, 0.05) is 22.2 Å². The smallest absolute Gasteiger partial charge is 0.255 e. The molecule has 0 unspecified atom stereocenters. The summed E-state index contributed by atoms with van der Waals surface area (Å²) in [5.41, 5.74) is 3.57. The monoisotopic (exact) mass is 394 g/mol. The molecule has 0 fully saturated rings. The van der Waals surface area contributed by atoms with Crippen LogP contribution < -0.4 is 10.1 Å². The van der Waals surface area contributed by atoms with E-state index in [1.165, 1.54) is 0 Å². The van der Waals surface area contributed by atoms with Crippen LogP contribution in [0.5, 0.6) is 5.75 Å². The molecule has 5 nitrogen and oxygen atoms in total. The normalized spacial score (nSPS) is 11.0. The summed E-state index contributed by atoms with van der Waals surface area (Å²) in [6.45, 7) is 0. The Balaban J connectivity index is 1.45. The van der Waals surface area contributed by atoms with E-state index in [2.05, 4.69) is 11.4 Å². The Morgan fingerprint density at radius 3 is 2.60 bits per heavy atom. The van der Waals surface area contributed by atoms with Crippen LogP contribution in [0.25, 0.3) is 33.3 Å². The maximum Gasteiger partial charge on any atom is 0.255 e. The number of fused-ring (bicyclic) bond motifs is 3. The third-order valence-electron chi connectivity index (χ3n) is 5.00. The molecule has 1 N–H and O–H groups in total. The molecule has 146 valence electrons. The number of anilines is 1. The summed E-state index contributed by atoms with van der Waals surface area (Å²) in [6.07, 6.45) is 0. The van der Waals surface area contributed by atoms with Gasteiger partial charge in [0.1, 0.15) is 11.3 Å². The van der Waals surface area contributed by atoms with Crippen molar-refractivity contribution in [1.29, 1.82) is 0 Å². The topological polar surface area (TPSA) is 64.4 Å². The van der Waals surface area contributed by atoms with Gasteiger partial charge in [-0.25, -0.2) is 4.98 Å². The van der Waals surface area contributed by atoms with Gasteiger partial charge in [0.05, 0.1) is 7.11 Å². The van der Waals surface area contributed by atoms with E-state index < -0.39 is 0 Å². The van der Waals surface area contributed by atoms with E-state index in [4.69, 9.17) is 14.1 Å². The highest BCUT2D eigenvalue weighted by atomic mass is 16.5. The highest BCUT2D eigenvalue weighted by Crippen LogP contribution is 2.30. The van der Waals surface area contributed by atoms with E-state index in [1.807, 2.05) is 54.6 Å². The maximum atomic E-state index is 12.6. The first-order valence-corrected chi connectivity index (χ1v) is 9.55. The van der Waals surface area contributed by atoms with Gasteiger partial charge >= 0.3 is 0 Å². The maximum absolute atomic E-state index is 12.6. The lowest BCUT2D eigenvalue weighted by Crippen LogP contribution is -2.11. The van der Waals surface area contributed by atoms with Crippen molar-refractivity contribution in [3.63, 3.8) is 0 Å². The van der Waals surface area contributed by atoms with Gasteiger partial charge in [-0.3, -0.25) is 4.79 Å². The number of benzene rings is 4. The van der Waals surface area contributed by atoms with E-state index in [0.717, 1.165) is 27.4 Å². The lowest BCUT2D eigenvalue weighted by molar-refractivity contribution is 0.102. The summed E-state index contributed by atoms with van der Waals surface area (Å²) in [5, 5.41) is 5.09. The third kappa shape index (κ3) is 3.26. The second kappa shape index (κ2) is 7.37. The van der Waals surface area contributed by atoms with Crippen molar-refractivity contribution in [2.75, 3.05) is 12.4 Å². The first-order chi connectivity index (χ1) is 14.7. The van der Waals surface area contributed by atoms with Crippen LogP contribution >= 0.6 is 0 Å². The molecule has 1 heterocycles. The largest absolute Gasteiger partial charge is 0.497 e. The molecule has 0 bridgehead atoms. The number of nitrogens with one attached hydrogen (secondary N) is 1. The van der Waals surface area contributed by atoms with E-state index in [0.29, 0.717) is 22.9 Å². The molecule has 30 heavy (non-hydrogen) atoms. The minimum Gasteiger partial charge on any atom is -0.497 e. The van der Waals surface area contributed by atoms with E-state index >= 15 is 0 Å². The van der Waals surface area contributed by atoms with E-state index in [-0.39, 0.29) is 5.91 Å². The average Bonchev–Trinajstić information content (AvgIpc) is 3.24. The Bertz CT molecular complexity index is 1370. The van der Waals surface area contributed by atoms with Gasteiger partial charge in [-0.05, 0) is 53.9 Å². The molecule has 0 aliphatic heterocycles. The van der Waals surface area contributed by atoms with Gasteiger partial charge in [-0.15, -0.1) is 0 Å². The van der Waals surface area contributed by atoms with E-state index in [1.54, 1.807) is 31.4 Å². The molecule has 0 saturated heterocycles. The molecule has 5 rings (SSSR count). The fourth-order valence-electron chi connectivity index (χ4n) is 3.46. The summed E-state index contributed by atoms with van der Waals surface area (Å²) in [5.74, 6) is 1.03. The Hall–Kier alpha value is -4.12. The number of rotatable bonds is 4. The molecule has 0 spiro atoms. The zero-order valence-corrected chi connectivity index (χ0v) is 16.3. The Kier molecular flexibility index (Phi) is 4.41. The highest BCUT2D eigenvalue weighted by Gasteiger charge is 2.12. The lowest BCUT2D eigenvalue weighted by atomic mass is 10.1. The van der Waals surface area contributed by atoms with Crippen molar-refractivity contribution < 1.29 is 13.9 Å². The van der Waals surface area contributed by atoms with Gasteiger partial charge in [-0.2, -0.15) is 0 Å². The van der Waals surface area contributed by atoms with Crippen molar-refractivity contribution in [3.05, 3.63) is 90.5 Å². The van der Waals surface area contributed by atoms with Crippen LogP contribution in [0.3, 0.4) is 0 Å². The number of aromatic nitrogens is 1. The number of hydrogen-bond acceptors (Lipinski definition) is 4. The van der Waals surface area contributed by atoms with Crippen LogP contribution in [-0.4, -0.2) is 18.0 Å². The van der Waals surface area contributed by atoms with Crippen molar-refractivity contribution >= 4 is 33.5 Å². The summed E-state index contributed by atoms with van der Waals surface area (Å²) >= 11 is 0. The predicted octanol–water partition coefficient (Wildman–Crippen LogP) is 5.91. The molecular weight excluding hydrogens is 376 g/mol. The first-order valence-electron chi connectivity index (χ1n) is 9.55. The van der Waals surface area contributed by atoms with Crippen molar-refractivity contribution in [2.45, 2.75) is 0 Å². The molecule has 5 aromatic rings. The van der Waals surface area contributed by atoms with Crippen LogP contribution in [-0.2, 0) is 0 Å². The third-order valence-corrected chi connectivity index (χ3v) is 5.00. The second-order valence-electron chi connectivity index (χ2n) is 6.92. The molecule has 0 radical (unpaired) electrons. The van der Waals surface area contributed by atoms with Crippen LogP contribution in [0.15, 0.2) is 89.3 Å². The minimum atomic E-state index is -0.196. The van der Waals surface area contributed by atoms with Crippen LogP contribution in [0, 0.1) is 0 Å². The fraction of sp³-hybridized carbons (Fsp3) is 0.0400. The first kappa shape index (κ1) is 17.9. The number of oxazole rings is 1. The number of ether oxygens (including phenoxy) is 1. The number of amides is 1. The predicted molar refractivity (Wildman–Crippen MR) is 118 cm³/mol. The standard InChI is InChI=1S/C25H18N2O3/c1-29-20-12-9-17(10-13-20)24(28)26-19-7-4-6-18(15-19)25-27-23-21-8-3-2-5-16(21)11-14-22(23)30-25/h2-15H,1H3,(H,26,28). The van der Waals surface area contributed by atoms with Crippen LogP contribution in [0.1, 0.15) is 10.4 Å². The SMILES string of the molecule is COc1ccc(C(=O)Nc2cccc(-c3nc4c(ccc5ccccc54)o3)c2)cc1. The summed E-state index contributed by atoms with van der Waals surface area (Å²) in [7, 11) is 1.59. The van der Waals surface area contributed by atoms with Crippen LogP contribution in [0.4, 0.5) is 5.69 Å². The van der Waals surface area contributed by atoms with Crippen molar-refractivity contribution in [3.8, 4) is 17.2 Å². The molecule has 0 atom stereocenters. The van der Waals surface area contributed by atoms with Crippen molar-refractivity contribution in [2.24, 2.45) is 0 Å². The Labute approximate surface area is 172 Å². The van der Waals surface area contributed by atoms with Gasteiger partial charge in [0.25, 0.3) is 5.91 Å². The summed E-state index contributed by atoms with van der Waals surface area (Å²) in [4.78, 5) is 17.3. The number of carbonyl (C=O) groups is 1. The summed E-state index contributed by atoms with van der Waals surface area (Å²) < 4.78 is 11.1. The molecular formula is C25H18N2O3. The second-order valence-corrected chi connectivity index (χ2v) is 6.92. The van der Waals surface area contributed by atoms with Crippen LogP contribution in [0.2, 0.25) is 0 Å². The molecule has 0 aliphatic rings. The highest BCUT2D eigenvalue weighted by molar-refractivity contribution is 6.05. The van der Waals surface area contributed by atoms with E-state index in [9.17, 15) is 4.79 Å². The fourth-order valence-corrected chi connectivity index (χ4v) is 3.46. The Morgan fingerprint density at radius 1 is 0.933 bits per heavy atom. The van der Waals surface area contributed by atoms with Crippen molar-refractivity contribution in [1.82, 2.24) is 4.98 Å². The lowest BCUT2D eigenvalue weighted by Gasteiger charge is -2.07. The zero-order chi connectivity index (χ0) is 20.5. The summed E-state index contributed by atoms with van der Waals surface area (Å²) in [6, 6.07) is 26.5. The molecule has 5 heteroatoms. The average molecular weight is 394 g/mol. The molecule has 0 saturated carbocycles. The molecule has 1 aromatic heterocycles. The van der Waals surface area contributed by atoms with Gasteiger partial charge < -0.3 is 14.5 Å².